The van der Waals surface area contributed by atoms with Gasteiger partial charge < -0.3 is 4.90 Å². The molecule has 0 N–H and O–H groups in total. The van der Waals surface area contributed by atoms with E-state index >= 15 is 0 Å². The summed E-state index contributed by atoms with van der Waals surface area (Å²) >= 11 is 13.2. The van der Waals surface area contributed by atoms with E-state index < -0.39 is 0 Å². The smallest absolute Gasteiger partial charge is 0.264 e. The van der Waals surface area contributed by atoms with E-state index in [-0.39, 0.29) is 5.91 Å². The number of fused-ring (bicyclic) bond motifs is 1. The van der Waals surface area contributed by atoms with E-state index in [0.29, 0.717) is 24.8 Å². The summed E-state index contributed by atoms with van der Waals surface area (Å²) in [6.07, 6.45) is 6.02. The summed E-state index contributed by atoms with van der Waals surface area (Å²) < 4.78 is 0. The second-order valence-corrected chi connectivity index (χ2v) is 6.68. The number of carbonyl (C=O) groups is 1. The molecule has 2 rings (SSSR count). The second-order valence-electron chi connectivity index (χ2n) is 4.79. The van der Waals surface area contributed by atoms with Crippen molar-refractivity contribution in [3.63, 3.8) is 0 Å². The molecular weight excluding hydrogens is 301 g/mol. The minimum absolute atomic E-state index is 0.0828. The van der Waals surface area contributed by atoms with Gasteiger partial charge in [-0.1, -0.05) is 6.42 Å². The largest absolute Gasteiger partial charge is 0.336 e. The van der Waals surface area contributed by atoms with Gasteiger partial charge in [-0.2, -0.15) is 0 Å². The molecule has 0 fully saturated rings. The lowest BCUT2D eigenvalue weighted by molar-refractivity contribution is 0.0780. The fourth-order valence-corrected chi connectivity index (χ4v) is 4.08. The van der Waals surface area contributed by atoms with Gasteiger partial charge in [0, 0.05) is 29.7 Å². The Morgan fingerprint density at radius 2 is 1.84 bits per heavy atom. The lowest BCUT2D eigenvalue weighted by Gasteiger charge is -2.19. The van der Waals surface area contributed by atoms with Crippen molar-refractivity contribution in [2.24, 2.45) is 0 Å². The predicted octanol–water partition coefficient (Wildman–Crippen LogP) is 3.94. The Balaban J connectivity index is 2.14. The average molecular weight is 320 g/mol. The number of aryl methyl sites for hydroxylation is 2. The number of carbonyl (C=O) groups excluding carboxylic acids is 1. The molecule has 5 heteroatoms. The first-order chi connectivity index (χ1) is 9.26. The number of hydrogen-bond donors (Lipinski definition) is 0. The van der Waals surface area contributed by atoms with Crippen LogP contribution in [0.2, 0.25) is 0 Å². The number of alkyl halides is 2. The summed E-state index contributed by atoms with van der Waals surface area (Å²) in [6, 6.07) is 2.09. The highest BCUT2D eigenvalue weighted by Gasteiger charge is 2.20. The molecule has 106 valence electrons. The van der Waals surface area contributed by atoms with Gasteiger partial charge in [0.05, 0.1) is 4.88 Å². The zero-order chi connectivity index (χ0) is 13.7. The van der Waals surface area contributed by atoms with Crippen molar-refractivity contribution in [1.29, 1.82) is 0 Å². The molecule has 1 aromatic rings. The van der Waals surface area contributed by atoms with Crippen LogP contribution < -0.4 is 0 Å². The van der Waals surface area contributed by atoms with Crippen LogP contribution in [0.5, 0.6) is 0 Å². The van der Waals surface area contributed by atoms with Crippen molar-refractivity contribution in [3.05, 3.63) is 21.4 Å². The maximum absolute atomic E-state index is 12.4. The van der Waals surface area contributed by atoms with Gasteiger partial charge in [0.15, 0.2) is 0 Å². The van der Waals surface area contributed by atoms with Crippen molar-refractivity contribution in [2.45, 2.75) is 32.1 Å². The van der Waals surface area contributed by atoms with Crippen LogP contribution in [-0.4, -0.2) is 35.7 Å². The Labute approximate surface area is 128 Å². The van der Waals surface area contributed by atoms with Crippen molar-refractivity contribution in [2.75, 3.05) is 24.8 Å². The number of thiophene rings is 1. The van der Waals surface area contributed by atoms with Crippen molar-refractivity contribution < 1.29 is 4.79 Å². The lowest BCUT2D eigenvalue weighted by atomic mass is 10.1. The molecular formula is C14H19Cl2NOS. The number of halogens is 2. The zero-order valence-corrected chi connectivity index (χ0v) is 13.3. The third-order valence-electron chi connectivity index (χ3n) is 3.45. The van der Waals surface area contributed by atoms with Crippen LogP contribution in [0.15, 0.2) is 6.07 Å². The molecule has 2 nitrogen and oxygen atoms in total. The summed E-state index contributed by atoms with van der Waals surface area (Å²) in [6.45, 7) is 1.13. The van der Waals surface area contributed by atoms with E-state index in [2.05, 4.69) is 6.07 Å². The fraction of sp³-hybridized carbons (Fsp3) is 0.643. The summed E-state index contributed by atoms with van der Waals surface area (Å²) in [5.41, 5.74) is 1.38. The van der Waals surface area contributed by atoms with E-state index in [1.54, 1.807) is 16.2 Å². The van der Waals surface area contributed by atoms with Crippen molar-refractivity contribution >= 4 is 40.4 Å². The molecule has 1 aliphatic carbocycles. The SMILES string of the molecule is O=C(c1cc2c(s1)CCCCC2)N(CCCl)CCCl. The third-order valence-corrected chi connectivity index (χ3v) is 5.02. The standard InChI is InChI=1S/C14H19Cl2NOS/c15-6-8-17(9-7-16)14(18)13-10-11-4-2-1-3-5-12(11)19-13/h10H,1-9H2. The third kappa shape index (κ3) is 3.87. The quantitative estimate of drug-likeness (QED) is 0.594. The Bertz CT molecular complexity index is 404. The molecule has 0 radical (unpaired) electrons. The first-order valence-electron chi connectivity index (χ1n) is 6.79. The monoisotopic (exact) mass is 319 g/mol. The van der Waals surface area contributed by atoms with E-state index in [9.17, 15) is 4.79 Å². The molecule has 0 bridgehead atoms. The molecule has 1 aliphatic rings. The number of hydrogen-bond acceptors (Lipinski definition) is 2. The van der Waals surface area contributed by atoms with Gasteiger partial charge in [-0.3, -0.25) is 4.79 Å². The molecule has 0 aromatic carbocycles. The Morgan fingerprint density at radius 3 is 2.53 bits per heavy atom. The van der Waals surface area contributed by atoms with Gasteiger partial charge in [0.1, 0.15) is 0 Å². The first-order valence-corrected chi connectivity index (χ1v) is 8.67. The first kappa shape index (κ1) is 15.1. The predicted molar refractivity (Wildman–Crippen MR) is 82.9 cm³/mol. The molecule has 0 saturated heterocycles. The number of nitrogens with zero attached hydrogens (tertiary/aromatic N) is 1. The summed E-state index contributed by atoms with van der Waals surface area (Å²) in [5, 5.41) is 0. The average Bonchev–Trinajstić information content (AvgIpc) is 2.69. The Kier molecular flexibility index (Phi) is 5.99. The molecule has 0 saturated carbocycles. The molecule has 0 aliphatic heterocycles. The molecule has 0 spiro atoms. The zero-order valence-electron chi connectivity index (χ0n) is 11.0. The fourth-order valence-electron chi connectivity index (χ4n) is 2.45. The van der Waals surface area contributed by atoms with E-state index in [1.165, 1.54) is 29.7 Å². The van der Waals surface area contributed by atoms with Crippen molar-refractivity contribution in [1.82, 2.24) is 4.90 Å². The van der Waals surface area contributed by atoms with Crippen LogP contribution in [0.3, 0.4) is 0 Å². The Morgan fingerprint density at radius 1 is 1.16 bits per heavy atom. The highest BCUT2D eigenvalue weighted by Crippen LogP contribution is 2.29. The minimum atomic E-state index is 0.0828. The normalized spacial score (nSPS) is 14.8. The number of amides is 1. The van der Waals surface area contributed by atoms with E-state index in [0.717, 1.165) is 17.7 Å². The minimum Gasteiger partial charge on any atom is -0.336 e. The van der Waals surface area contributed by atoms with Crippen LogP contribution in [0.25, 0.3) is 0 Å². The molecule has 19 heavy (non-hydrogen) atoms. The maximum atomic E-state index is 12.4. The highest BCUT2D eigenvalue weighted by atomic mass is 35.5. The van der Waals surface area contributed by atoms with E-state index in [4.69, 9.17) is 23.2 Å². The van der Waals surface area contributed by atoms with Gasteiger partial charge in [0.2, 0.25) is 0 Å². The van der Waals surface area contributed by atoms with Gasteiger partial charge >= 0.3 is 0 Å². The van der Waals surface area contributed by atoms with Crippen LogP contribution in [0.4, 0.5) is 0 Å². The van der Waals surface area contributed by atoms with Crippen LogP contribution in [0.1, 0.15) is 39.4 Å². The van der Waals surface area contributed by atoms with Crippen LogP contribution in [0, 0.1) is 0 Å². The molecule has 0 unspecified atom stereocenters. The molecule has 1 heterocycles. The van der Waals surface area contributed by atoms with Gasteiger partial charge in [0.25, 0.3) is 5.91 Å². The van der Waals surface area contributed by atoms with Gasteiger partial charge in [-0.25, -0.2) is 0 Å². The topological polar surface area (TPSA) is 20.3 Å². The van der Waals surface area contributed by atoms with Gasteiger partial charge in [-0.15, -0.1) is 34.5 Å². The highest BCUT2D eigenvalue weighted by molar-refractivity contribution is 7.14. The maximum Gasteiger partial charge on any atom is 0.264 e. The van der Waals surface area contributed by atoms with Gasteiger partial charge in [-0.05, 0) is 37.3 Å². The summed E-state index contributed by atoms with van der Waals surface area (Å²) in [7, 11) is 0. The summed E-state index contributed by atoms with van der Waals surface area (Å²) in [5.74, 6) is 0.987. The molecule has 1 aromatic heterocycles. The van der Waals surface area contributed by atoms with Crippen LogP contribution in [-0.2, 0) is 12.8 Å². The molecule has 1 amide bonds. The number of rotatable bonds is 5. The Hall–Kier alpha value is -0.250. The van der Waals surface area contributed by atoms with Crippen LogP contribution >= 0.6 is 34.5 Å². The van der Waals surface area contributed by atoms with Crippen molar-refractivity contribution in [3.8, 4) is 0 Å². The molecule has 0 atom stereocenters. The summed E-state index contributed by atoms with van der Waals surface area (Å²) in [4.78, 5) is 16.5. The second kappa shape index (κ2) is 7.51. The lowest BCUT2D eigenvalue weighted by Crippen LogP contribution is -2.33. The van der Waals surface area contributed by atoms with E-state index in [1.807, 2.05) is 0 Å².